The molecule has 0 spiro atoms. The highest BCUT2D eigenvalue weighted by Gasteiger charge is 2.27. The number of nitrogens with one attached hydrogen (secondary N) is 1. The zero-order chi connectivity index (χ0) is 13.2. The predicted octanol–water partition coefficient (Wildman–Crippen LogP) is 3.07. The minimum atomic E-state index is 0.552. The summed E-state index contributed by atoms with van der Waals surface area (Å²) in [7, 11) is 0. The third-order valence-electron chi connectivity index (χ3n) is 3.90. The Bertz CT molecular complexity index is 432. The smallest absolute Gasteiger partial charge is 0.185 e. The van der Waals surface area contributed by atoms with Crippen molar-refractivity contribution < 1.29 is 0 Å². The maximum atomic E-state index is 4.94. The molecule has 1 aromatic rings. The molecule has 2 atom stereocenters. The lowest BCUT2D eigenvalue weighted by Gasteiger charge is -2.30. The van der Waals surface area contributed by atoms with Crippen LogP contribution < -0.4 is 10.2 Å². The van der Waals surface area contributed by atoms with E-state index >= 15 is 0 Å². The van der Waals surface area contributed by atoms with Gasteiger partial charge in [0.2, 0.25) is 0 Å². The normalized spacial score (nSPS) is 27.4. The Morgan fingerprint density at radius 3 is 3.16 bits per heavy atom. The highest BCUT2D eigenvalue weighted by Crippen LogP contribution is 2.38. The van der Waals surface area contributed by atoms with Gasteiger partial charge in [-0.05, 0) is 25.8 Å². The number of thiazole rings is 1. The lowest BCUT2D eigenvalue weighted by Crippen LogP contribution is -2.36. The maximum absolute atomic E-state index is 4.94. The molecule has 106 valence electrons. The Morgan fingerprint density at radius 2 is 2.37 bits per heavy atom. The monoisotopic (exact) mass is 297 g/mol. The van der Waals surface area contributed by atoms with Crippen molar-refractivity contribution in [2.75, 3.05) is 30.3 Å². The molecule has 2 heterocycles. The molecule has 1 aliphatic carbocycles. The number of aryl methyl sites for hydroxylation is 1. The number of hydrogen-bond acceptors (Lipinski definition) is 5. The number of fused-ring (bicyclic) bond motifs is 1. The zero-order valence-electron chi connectivity index (χ0n) is 11.8. The van der Waals surface area contributed by atoms with E-state index in [1.165, 1.54) is 40.7 Å². The molecule has 0 aromatic carbocycles. The maximum Gasteiger partial charge on any atom is 0.185 e. The van der Waals surface area contributed by atoms with Gasteiger partial charge in [-0.2, -0.15) is 11.8 Å². The van der Waals surface area contributed by atoms with Gasteiger partial charge in [-0.15, -0.1) is 0 Å². The van der Waals surface area contributed by atoms with Gasteiger partial charge in [0, 0.05) is 35.0 Å². The highest BCUT2D eigenvalue weighted by molar-refractivity contribution is 8.00. The summed E-state index contributed by atoms with van der Waals surface area (Å²) < 4.78 is 0. The number of aromatic nitrogens is 1. The number of nitrogens with zero attached hydrogens (tertiary/aromatic N) is 2. The molecule has 5 heteroatoms. The average Bonchev–Trinajstić information content (AvgIpc) is 2.84. The number of rotatable bonds is 3. The van der Waals surface area contributed by atoms with Crippen molar-refractivity contribution in [3.8, 4) is 0 Å². The van der Waals surface area contributed by atoms with Crippen LogP contribution in [0.2, 0.25) is 0 Å². The molecule has 0 amide bonds. The molecule has 1 saturated heterocycles. The molecule has 1 aromatic heterocycles. The van der Waals surface area contributed by atoms with E-state index in [1.807, 2.05) is 11.3 Å². The average molecular weight is 297 g/mol. The summed E-state index contributed by atoms with van der Waals surface area (Å²) in [6, 6.07) is 0.552. The second kappa shape index (κ2) is 6.02. The number of thioether (sulfide) groups is 1. The summed E-state index contributed by atoms with van der Waals surface area (Å²) in [5.74, 6) is 1.24. The molecule has 1 N–H and O–H groups in total. The van der Waals surface area contributed by atoms with Gasteiger partial charge in [-0.1, -0.05) is 25.2 Å². The minimum absolute atomic E-state index is 0.552. The molecule has 0 saturated carbocycles. The fourth-order valence-corrected chi connectivity index (χ4v) is 5.25. The van der Waals surface area contributed by atoms with Gasteiger partial charge in [0.15, 0.2) is 5.13 Å². The van der Waals surface area contributed by atoms with Crippen LogP contribution in [0.25, 0.3) is 0 Å². The van der Waals surface area contributed by atoms with Gasteiger partial charge in [-0.25, -0.2) is 4.98 Å². The van der Waals surface area contributed by atoms with Crippen LogP contribution >= 0.6 is 23.1 Å². The quantitative estimate of drug-likeness (QED) is 0.928. The number of hydrogen-bond donors (Lipinski definition) is 1. The molecule has 0 bridgehead atoms. The molecular formula is C14H23N3S2. The molecule has 0 radical (unpaired) electrons. The van der Waals surface area contributed by atoms with Crippen LogP contribution in [0.15, 0.2) is 0 Å². The predicted molar refractivity (Wildman–Crippen MR) is 85.6 cm³/mol. The molecule has 3 nitrogen and oxygen atoms in total. The molecule has 3 rings (SSSR count). The lowest BCUT2D eigenvalue weighted by atomic mass is 9.98. The topological polar surface area (TPSA) is 28.2 Å². The Hall–Kier alpha value is -0.260. The van der Waals surface area contributed by atoms with Crippen LogP contribution in [-0.4, -0.2) is 35.6 Å². The third-order valence-corrected chi connectivity index (χ3v) is 6.31. The Morgan fingerprint density at radius 1 is 1.47 bits per heavy atom. The van der Waals surface area contributed by atoms with Crippen LogP contribution in [0.5, 0.6) is 0 Å². The van der Waals surface area contributed by atoms with Gasteiger partial charge in [0.1, 0.15) is 0 Å². The van der Waals surface area contributed by atoms with Gasteiger partial charge in [-0.3, -0.25) is 0 Å². The van der Waals surface area contributed by atoms with Crippen molar-refractivity contribution in [1.29, 1.82) is 0 Å². The van der Waals surface area contributed by atoms with Gasteiger partial charge >= 0.3 is 0 Å². The van der Waals surface area contributed by atoms with E-state index in [1.54, 1.807) is 0 Å². The minimum Gasteiger partial charge on any atom is -0.346 e. The first-order valence-corrected chi connectivity index (χ1v) is 9.24. The van der Waals surface area contributed by atoms with Crippen molar-refractivity contribution in [3.05, 3.63) is 10.6 Å². The van der Waals surface area contributed by atoms with Crippen LogP contribution in [-0.2, 0) is 6.42 Å². The lowest BCUT2D eigenvalue weighted by molar-refractivity contribution is 0.476. The van der Waals surface area contributed by atoms with Crippen molar-refractivity contribution in [2.24, 2.45) is 0 Å². The second-order valence-electron chi connectivity index (χ2n) is 5.44. The van der Waals surface area contributed by atoms with Crippen LogP contribution in [0, 0.1) is 0 Å². The molecule has 19 heavy (non-hydrogen) atoms. The van der Waals surface area contributed by atoms with E-state index in [9.17, 15) is 0 Å². The Balaban J connectivity index is 1.80. The standard InChI is InChI=1S/C14H23N3S2/c1-3-15-11-5-4-6-12-13(11)19-14(16-12)17-7-8-18-10(2)9-17/h10-11,15H,3-9H2,1-2H3. The van der Waals surface area contributed by atoms with E-state index in [0.717, 1.165) is 24.9 Å². The van der Waals surface area contributed by atoms with E-state index < -0.39 is 0 Å². The first-order chi connectivity index (χ1) is 9.28. The second-order valence-corrected chi connectivity index (χ2v) is 7.99. The third kappa shape index (κ3) is 2.93. The molecule has 1 aliphatic heterocycles. The SMILES string of the molecule is CCNC1CCCc2nc(N3CCSC(C)C3)sc21. The van der Waals surface area contributed by atoms with E-state index in [0.29, 0.717) is 6.04 Å². The summed E-state index contributed by atoms with van der Waals surface area (Å²) in [5, 5.41) is 5.61. The summed E-state index contributed by atoms with van der Waals surface area (Å²) in [4.78, 5) is 8.94. The van der Waals surface area contributed by atoms with Crippen molar-refractivity contribution >= 4 is 28.2 Å². The largest absolute Gasteiger partial charge is 0.346 e. The molecule has 2 unspecified atom stereocenters. The highest BCUT2D eigenvalue weighted by atomic mass is 32.2. The molecular weight excluding hydrogens is 274 g/mol. The molecule has 2 aliphatic rings. The summed E-state index contributed by atoms with van der Waals surface area (Å²) in [5.41, 5.74) is 1.36. The Labute approximate surface area is 124 Å². The van der Waals surface area contributed by atoms with Crippen LogP contribution in [0.3, 0.4) is 0 Å². The zero-order valence-corrected chi connectivity index (χ0v) is 13.4. The van der Waals surface area contributed by atoms with E-state index in [4.69, 9.17) is 4.98 Å². The van der Waals surface area contributed by atoms with Gasteiger partial charge in [0.25, 0.3) is 0 Å². The van der Waals surface area contributed by atoms with Crippen molar-refractivity contribution in [3.63, 3.8) is 0 Å². The van der Waals surface area contributed by atoms with Gasteiger partial charge < -0.3 is 10.2 Å². The first kappa shape index (κ1) is 13.7. The van der Waals surface area contributed by atoms with Crippen molar-refractivity contribution in [2.45, 2.75) is 44.4 Å². The van der Waals surface area contributed by atoms with E-state index in [2.05, 4.69) is 35.8 Å². The van der Waals surface area contributed by atoms with Crippen molar-refractivity contribution in [1.82, 2.24) is 10.3 Å². The Kier molecular flexibility index (Phi) is 4.34. The van der Waals surface area contributed by atoms with E-state index in [-0.39, 0.29) is 0 Å². The summed E-state index contributed by atoms with van der Waals surface area (Å²) in [6.45, 7) is 7.89. The summed E-state index contributed by atoms with van der Waals surface area (Å²) in [6.07, 6.45) is 3.72. The fraction of sp³-hybridized carbons (Fsp3) is 0.786. The summed E-state index contributed by atoms with van der Waals surface area (Å²) >= 11 is 4.02. The first-order valence-electron chi connectivity index (χ1n) is 7.37. The van der Waals surface area contributed by atoms with Gasteiger partial charge in [0.05, 0.1) is 5.69 Å². The van der Waals surface area contributed by atoms with Crippen LogP contribution in [0.1, 0.15) is 43.3 Å². The fourth-order valence-electron chi connectivity index (χ4n) is 2.98. The van der Waals surface area contributed by atoms with Crippen LogP contribution in [0.4, 0.5) is 5.13 Å². The molecule has 1 fully saturated rings. The number of anilines is 1.